The number of thiazole rings is 1. The van der Waals surface area contributed by atoms with Gasteiger partial charge in [0, 0.05) is 11.6 Å². The molecule has 0 aliphatic rings. The lowest BCUT2D eigenvalue weighted by Crippen LogP contribution is -1.92. The third-order valence-corrected chi connectivity index (χ3v) is 3.37. The van der Waals surface area contributed by atoms with Crippen LogP contribution in [0.3, 0.4) is 0 Å². The van der Waals surface area contributed by atoms with Crippen molar-refractivity contribution in [3.63, 3.8) is 0 Å². The van der Waals surface area contributed by atoms with Gasteiger partial charge >= 0.3 is 0 Å². The summed E-state index contributed by atoms with van der Waals surface area (Å²) in [6, 6.07) is 0. The van der Waals surface area contributed by atoms with E-state index < -0.39 is 0 Å². The lowest BCUT2D eigenvalue weighted by atomic mass is 10.2. The van der Waals surface area contributed by atoms with Gasteiger partial charge in [-0.1, -0.05) is 13.3 Å². The Morgan fingerprint density at radius 1 is 1.57 bits per heavy atom. The topological polar surface area (TPSA) is 30.7 Å². The molecule has 0 fully saturated rings. The number of nitrogens with zero attached hydrogens (tertiary/aromatic N) is 3. The molecule has 0 aromatic carbocycles. The van der Waals surface area contributed by atoms with Gasteiger partial charge in [-0.05, 0) is 27.9 Å². The highest BCUT2D eigenvalue weighted by molar-refractivity contribution is 9.10. The molecule has 2 aromatic heterocycles. The second kappa shape index (κ2) is 4.23. The van der Waals surface area contributed by atoms with Crippen molar-refractivity contribution in [1.82, 2.24) is 14.8 Å². The lowest BCUT2D eigenvalue weighted by Gasteiger charge is -1.92. The Balaban J connectivity index is 2.24. The van der Waals surface area contributed by atoms with E-state index in [1.807, 2.05) is 22.5 Å². The van der Waals surface area contributed by atoms with Crippen molar-refractivity contribution in [3.8, 4) is 5.13 Å². The van der Waals surface area contributed by atoms with Crippen LogP contribution in [0.4, 0.5) is 0 Å². The molecule has 0 spiro atoms. The largest absolute Gasteiger partial charge is 0.213 e. The van der Waals surface area contributed by atoms with Crippen molar-refractivity contribution in [2.24, 2.45) is 0 Å². The monoisotopic (exact) mass is 271 g/mol. The number of hydrogen-bond acceptors (Lipinski definition) is 3. The molecule has 0 unspecified atom stereocenters. The number of halogens is 1. The zero-order valence-corrected chi connectivity index (χ0v) is 10.2. The quantitative estimate of drug-likeness (QED) is 0.859. The molecule has 2 heterocycles. The Labute approximate surface area is 94.9 Å². The Morgan fingerprint density at radius 2 is 2.43 bits per heavy atom. The van der Waals surface area contributed by atoms with Crippen molar-refractivity contribution in [2.45, 2.75) is 19.8 Å². The minimum absolute atomic E-state index is 0.866. The number of hydrogen-bond donors (Lipinski definition) is 0. The van der Waals surface area contributed by atoms with Crippen LogP contribution in [0.2, 0.25) is 0 Å². The summed E-state index contributed by atoms with van der Waals surface area (Å²) in [7, 11) is 0. The average molecular weight is 272 g/mol. The molecular weight excluding hydrogens is 262 g/mol. The highest BCUT2D eigenvalue weighted by Gasteiger charge is 2.03. The third kappa shape index (κ3) is 2.04. The van der Waals surface area contributed by atoms with Gasteiger partial charge in [-0.25, -0.2) is 9.67 Å². The molecule has 0 radical (unpaired) electrons. The molecule has 0 N–H and O–H groups in total. The maximum Gasteiger partial charge on any atom is 0.211 e. The van der Waals surface area contributed by atoms with E-state index in [1.54, 1.807) is 11.3 Å². The average Bonchev–Trinajstić information content (AvgIpc) is 2.74. The summed E-state index contributed by atoms with van der Waals surface area (Å²) in [4.78, 5) is 4.29. The van der Waals surface area contributed by atoms with Gasteiger partial charge in [-0.2, -0.15) is 5.10 Å². The van der Waals surface area contributed by atoms with Crippen LogP contribution in [-0.2, 0) is 6.42 Å². The Morgan fingerprint density at radius 3 is 3.07 bits per heavy atom. The Hall–Kier alpha value is -0.680. The molecule has 0 atom stereocenters. The standard InChI is InChI=1S/C9H10BrN3S/c1-2-3-7-4-11-13(5-7)9-12-8(10)6-14-9/h4-6H,2-3H2,1H3. The molecule has 0 saturated heterocycles. The summed E-state index contributed by atoms with van der Waals surface area (Å²) in [5, 5.41) is 7.12. The summed E-state index contributed by atoms with van der Waals surface area (Å²) in [6.07, 6.45) is 6.16. The molecule has 2 rings (SSSR count). The fourth-order valence-corrected chi connectivity index (χ4v) is 2.41. The first kappa shape index (κ1) is 9.86. The van der Waals surface area contributed by atoms with Crippen molar-refractivity contribution in [2.75, 3.05) is 0 Å². The number of rotatable bonds is 3. The lowest BCUT2D eigenvalue weighted by molar-refractivity contribution is 0.864. The van der Waals surface area contributed by atoms with Crippen molar-refractivity contribution < 1.29 is 0 Å². The van der Waals surface area contributed by atoms with Crippen molar-refractivity contribution in [1.29, 1.82) is 0 Å². The number of aryl methyl sites for hydroxylation is 1. The molecule has 0 amide bonds. The summed E-state index contributed by atoms with van der Waals surface area (Å²) < 4.78 is 2.69. The van der Waals surface area contributed by atoms with Crippen LogP contribution < -0.4 is 0 Å². The molecular formula is C9H10BrN3S. The molecule has 14 heavy (non-hydrogen) atoms. The molecule has 2 aromatic rings. The number of aromatic nitrogens is 3. The molecule has 74 valence electrons. The molecule has 0 aliphatic carbocycles. The summed E-state index contributed by atoms with van der Waals surface area (Å²) in [5.41, 5.74) is 1.26. The fraction of sp³-hybridized carbons (Fsp3) is 0.333. The highest BCUT2D eigenvalue weighted by Crippen LogP contribution is 2.18. The second-order valence-corrected chi connectivity index (χ2v) is 4.64. The molecule has 0 bridgehead atoms. The van der Waals surface area contributed by atoms with E-state index in [1.165, 1.54) is 5.56 Å². The van der Waals surface area contributed by atoms with E-state index in [-0.39, 0.29) is 0 Å². The van der Waals surface area contributed by atoms with Gasteiger partial charge in [-0.15, -0.1) is 11.3 Å². The molecule has 0 saturated carbocycles. The second-order valence-electron chi connectivity index (χ2n) is 3.00. The first-order valence-corrected chi connectivity index (χ1v) is 6.12. The maximum atomic E-state index is 4.29. The Bertz CT molecular complexity index is 421. The van der Waals surface area contributed by atoms with E-state index in [2.05, 4.69) is 32.9 Å². The zero-order chi connectivity index (χ0) is 9.97. The van der Waals surface area contributed by atoms with Crippen molar-refractivity contribution in [3.05, 3.63) is 27.9 Å². The minimum atomic E-state index is 0.866. The van der Waals surface area contributed by atoms with E-state index in [0.717, 1.165) is 22.6 Å². The normalized spacial score (nSPS) is 10.7. The summed E-state index contributed by atoms with van der Waals surface area (Å²) in [6.45, 7) is 2.16. The van der Waals surface area contributed by atoms with E-state index >= 15 is 0 Å². The van der Waals surface area contributed by atoms with E-state index in [4.69, 9.17) is 0 Å². The minimum Gasteiger partial charge on any atom is -0.213 e. The zero-order valence-electron chi connectivity index (χ0n) is 7.77. The van der Waals surface area contributed by atoms with Gasteiger partial charge in [0.1, 0.15) is 4.60 Å². The van der Waals surface area contributed by atoms with E-state index in [0.29, 0.717) is 0 Å². The first-order chi connectivity index (χ1) is 6.79. The SMILES string of the molecule is CCCc1cnn(-c2nc(Br)cs2)c1. The maximum absolute atomic E-state index is 4.29. The van der Waals surface area contributed by atoms with Crippen LogP contribution in [0.25, 0.3) is 5.13 Å². The van der Waals surface area contributed by atoms with Crippen LogP contribution in [0, 0.1) is 0 Å². The smallest absolute Gasteiger partial charge is 0.211 e. The van der Waals surface area contributed by atoms with Crippen LogP contribution >= 0.6 is 27.3 Å². The summed E-state index contributed by atoms with van der Waals surface area (Å²) >= 11 is 4.90. The third-order valence-electron chi connectivity index (χ3n) is 1.83. The van der Waals surface area contributed by atoms with Crippen LogP contribution in [0.5, 0.6) is 0 Å². The van der Waals surface area contributed by atoms with Crippen LogP contribution in [0.1, 0.15) is 18.9 Å². The summed E-state index contributed by atoms with van der Waals surface area (Å²) in [5.74, 6) is 0. The molecule has 3 nitrogen and oxygen atoms in total. The molecule has 0 aliphatic heterocycles. The van der Waals surface area contributed by atoms with Gasteiger partial charge in [0.2, 0.25) is 5.13 Å². The van der Waals surface area contributed by atoms with Crippen LogP contribution in [-0.4, -0.2) is 14.8 Å². The van der Waals surface area contributed by atoms with Gasteiger partial charge in [0.25, 0.3) is 0 Å². The van der Waals surface area contributed by atoms with E-state index in [9.17, 15) is 0 Å². The van der Waals surface area contributed by atoms with Crippen molar-refractivity contribution >= 4 is 27.3 Å². The van der Waals surface area contributed by atoms with Crippen LogP contribution in [0.15, 0.2) is 22.4 Å². The first-order valence-electron chi connectivity index (χ1n) is 4.44. The van der Waals surface area contributed by atoms with Gasteiger partial charge in [0.05, 0.1) is 6.20 Å². The molecule has 5 heteroatoms. The predicted molar refractivity (Wildman–Crippen MR) is 60.9 cm³/mol. The fourth-order valence-electron chi connectivity index (χ4n) is 1.23. The van der Waals surface area contributed by atoms with Gasteiger partial charge < -0.3 is 0 Å². The van der Waals surface area contributed by atoms with Gasteiger partial charge in [0.15, 0.2) is 0 Å². The highest BCUT2D eigenvalue weighted by atomic mass is 79.9. The predicted octanol–water partition coefficient (Wildman–Crippen LogP) is 3.04. The Kier molecular flexibility index (Phi) is 2.98. The van der Waals surface area contributed by atoms with Gasteiger partial charge in [-0.3, -0.25) is 0 Å².